The van der Waals surface area contributed by atoms with Crippen molar-refractivity contribution >= 4 is 27.5 Å². The SMILES string of the molecule is N#Cc1ccc(OCC(=O)NCCc2ccc(S(N)(=O)=O)cc2)c(Cl)c1. The Morgan fingerprint density at radius 2 is 1.92 bits per heavy atom. The Hall–Kier alpha value is -2.60. The highest BCUT2D eigenvalue weighted by Crippen LogP contribution is 2.25. The van der Waals surface area contributed by atoms with Gasteiger partial charge in [0.25, 0.3) is 5.91 Å². The van der Waals surface area contributed by atoms with E-state index in [1.165, 1.54) is 24.3 Å². The van der Waals surface area contributed by atoms with Gasteiger partial charge in [0.05, 0.1) is 21.6 Å². The van der Waals surface area contributed by atoms with Crippen LogP contribution >= 0.6 is 11.6 Å². The van der Waals surface area contributed by atoms with E-state index >= 15 is 0 Å². The van der Waals surface area contributed by atoms with Gasteiger partial charge in [-0.2, -0.15) is 5.26 Å². The molecule has 136 valence electrons. The lowest BCUT2D eigenvalue weighted by atomic mass is 10.1. The zero-order valence-corrected chi connectivity index (χ0v) is 15.2. The largest absolute Gasteiger partial charge is 0.482 e. The molecular formula is C17H16ClN3O4S. The van der Waals surface area contributed by atoms with Crippen LogP contribution in [0.1, 0.15) is 11.1 Å². The summed E-state index contributed by atoms with van der Waals surface area (Å²) in [6.07, 6.45) is 0.522. The van der Waals surface area contributed by atoms with E-state index in [9.17, 15) is 13.2 Å². The van der Waals surface area contributed by atoms with Crippen molar-refractivity contribution in [2.24, 2.45) is 5.14 Å². The van der Waals surface area contributed by atoms with Gasteiger partial charge in [-0.05, 0) is 42.3 Å². The number of primary sulfonamides is 1. The van der Waals surface area contributed by atoms with Crippen LogP contribution in [0.3, 0.4) is 0 Å². The molecule has 0 heterocycles. The van der Waals surface area contributed by atoms with Crippen LogP contribution in [0.15, 0.2) is 47.4 Å². The molecule has 7 nitrogen and oxygen atoms in total. The molecule has 0 saturated carbocycles. The first-order valence-electron chi connectivity index (χ1n) is 7.50. The Balaban J connectivity index is 1.78. The van der Waals surface area contributed by atoms with Crippen LogP contribution in [0.2, 0.25) is 5.02 Å². The van der Waals surface area contributed by atoms with Crippen molar-refractivity contribution < 1.29 is 17.9 Å². The molecule has 0 aliphatic carbocycles. The van der Waals surface area contributed by atoms with Gasteiger partial charge in [-0.3, -0.25) is 4.79 Å². The standard InChI is InChI=1S/C17H16ClN3O4S/c18-15-9-13(10-19)3-6-16(15)25-11-17(22)21-8-7-12-1-4-14(5-2-12)26(20,23)24/h1-6,9H,7-8,11H2,(H,21,22)(H2,20,23,24). The van der Waals surface area contributed by atoms with Gasteiger partial charge in [-0.15, -0.1) is 0 Å². The first kappa shape index (κ1) is 19.7. The number of benzene rings is 2. The maximum absolute atomic E-state index is 11.8. The van der Waals surface area contributed by atoms with E-state index in [4.69, 9.17) is 26.7 Å². The normalized spacial score (nSPS) is 10.8. The summed E-state index contributed by atoms with van der Waals surface area (Å²) in [6, 6.07) is 12.6. The van der Waals surface area contributed by atoms with Crippen molar-refractivity contribution in [1.82, 2.24) is 5.32 Å². The van der Waals surface area contributed by atoms with Gasteiger partial charge in [0.2, 0.25) is 10.0 Å². The van der Waals surface area contributed by atoms with E-state index in [2.05, 4.69) is 5.32 Å². The highest BCUT2D eigenvalue weighted by molar-refractivity contribution is 7.89. The van der Waals surface area contributed by atoms with Crippen LogP contribution in [-0.4, -0.2) is 27.5 Å². The van der Waals surface area contributed by atoms with Crippen LogP contribution < -0.4 is 15.2 Å². The lowest BCUT2D eigenvalue weighted by molar-refractivity contribution is -0.123. The van der Waals surface area contributed by atoms with Gasteiger partial charge in [0.15, 0.2) is 6.61 Å². The predicted octanol–water partition coefficient (Wildman–Crippen LogP) is 1.60. The maximum Gasteiger partial charge on any atom is 0.257 e. The number of sulfonamides is 1. The van der Waals surface area contributed by atoms with E-state index < -0.39 is 10.0 Å². The quantitative estimate of drug-likeness (QED) is 0.739. The lowest BCUT2D eigenvalue weighted by Gasteiger charge is -2.09. The molecule has 0 atom stereocenters. The third kappa shape index (κ3) is 5.74. The fourth-order valence-electron chi connectivity index (χ4n) is 2.07. The molecule has 0 aliphatic rings. The summed E-state index contributed by atoms with van der Waals surface area (Å²) in [5.74, 6) is -0.00835. The third-order valence-electron chi connectivity index (χ3n) is 3.41. The molecule has 0 spiro atoms. The Morgan fingerprint density at radius 1 is 1.23 bits per heavy atom. The number of rotatable bonds is 7. The molecule has 2 aromatic carbocycles. The molecule has 26 heavy (non-hydrogen) atoms. The Kier molecular flexibility index (Phi) is 6.58. The Bertz CT molecular complexity index is 937. The number of carbonyl (C=O) groups excluding carboxylic acids is 1. The molecule has 9 heteroatoms. The molecule has 0 saturated heterocycles. The van der Waals surface area contributed by atoms with Crippen LogP contribution in [0.25, 0.3) is 0 Å². The van der Waals surface area contributed by atoms with Crippen molar-refractivity contribution in [3.63, 3.8) is 0 Å². The fourth-order valence-corrected chi connectivity index (χ4v) is 2.82. The van der Waals surface area contributed by atoms with Crippen LogP contribution in [0.5, 0.6) is 5.75 Å². The second-order valence-electron chi connectivity index (χ2n) is 5.33. The van der Waals surface area contributed by atoms with Crippen LogP contribution in [-0.2, 0) is 21.2 Å². The number of amides is 1. The van der Waals surface area contributed by atoms with Gasteiger partial charge in [0.1, 0.15) is 5.75 Å². The topological polar surface area (TPSA) is 122 Å². The molecule has 0 aromatic heterocycles. The molecule has 1 amide bonds. The summed E-state index contributed by atoms with van der Waals surface area (Å²) in [7, 11) is -3.71. The Labute approximate surface area is 156 Å². The predicted molar refractivity (Wildman–Crippen MR) is 96.2 cm³/mol. The minimum absolute atomic E-state index is 0.0398. The molecule has 0 unspecified atom stereocenters. The van der Waals surface area contributed by atoms with Crippen molar-refractivity contribution in [2.45, 2.75) is 11.3 Å². The summed E-state index contributed by atoms with van der Waals surface area (Å²) in [6.45, 7) is 0.147. The summed E-state index contributed by atoms with van der Waals surface area (Å²) in [4.78, 5) is 11.8. The molecule has 2 aromatic rings. The number of ether oxygens (including phenoxy) is 1. The maximum atomic E-state index is 11.8. The number of hydrogen-bond acceptors (Lipinski definition) is 5. The summed E-state index contributed by atoms with van der Waals surface area (Å²) in [5, 5.41) is 16.7. The van der Waals surface area contributed by atoms with Crippen molar-refractivity contribution in [1.29, 1.82) is 5.26 Å². The van der Waals surface area contributed by atoms with Gasteiger partial charge < -0.3 is 10.1 Å². The highest BCUT2D eigenvalue weighted by Gasteiger charge is 2.08. The Morgan fingerprint density at radius 3 is 2.50 bits per heavy atom. The van der Waals surface area contributed by atoms with Crippen LogP contribution in [0, 0.1) is 11.3 Å². The minimum atomic E-state index is -3.71. The number of hydrogen-bond donors (Lipinski definition) is 2. The molecular weight excluding hydrogens is 378 g/mol. The van der Waals surface area contributed by atoms with E-state index in [-0.39, 0.29) is 22.4 Å². The smallest absolute Gasteiger partial charge is 0.257 e. The summed E-state index contributed by atoms with van der Waals surface area (Å²) in [5.41, 5.74) is 1.26. The number of halogens is 1. The minimum Gasteiger partial charge on any atom is -0.482 e. The molecule has 0 fully saturated rings. The summed E-state index contributed by atoms with van der Waals surface area (Å²) >= 11 is 5.96. The number of carbonyl (C=O) groups is 1. The highest BCUT2D eigenvalue weighted by atomic mass is 35.5. The lowest BCUT2D eigenvalue weighted by Crippen LogP contribution is -2.30. The second kappa shape index (κ2) is 8.67. The zero-order valence-electron chi connectivity index (χ0n) is 13.6. The second-order valence-corrected chi connectivity index (χ2v) is 7.30. The average Bonchev–Trinajstić information content (AvgIpc) is 2.60. The first-order valence-corrected chi connectivity index (χ1v) is 9.43. The molecule has 2 rings (SSSR count). The zero-order chi connectivity index (χ0) is 19.2. The van der Waals surface area contributed by atoms with Gasteiger partial charge in [0, 0.05) is 6.54 Å². The van der Waals surface area contributed by atoms with E-state index in [0.29, 0.717) is 24.3 Å². The number of nitrogens with one attached hydrogen (secondary N) is 1. The van der Waals surface area contributed by atoms with E-state index in [1.807, 2.05) is 6.07 Å². The summed E-state index contributed by atoms with van der Waals surface area (Å²) < 4.78 is 27.7. The molecule has 0 bridgehead atoms. The van der Waals surface area contributed by atoms with E-state index in [0.717, 1.165) is 5.56 Å². The van der Waals surface area contributed by atoms with Crippen LogP contribution in [0.4, 0.5) is 0 Å². The van der Waals surface area contributed by atoms with Gasteiger partial charge in [-0.1, -0.05) is 23.7 Å². The monoisotopic (exact) mass is 393 g/mol. The molecule has 0 radical (unpaired) electrons. The number of nitriles is 1. The van der Waals surface area contributed by atoms with Gasteiger partial charge >= 0.3 is 0 Å². The average molecular weight is 394 g/mol. The molecule has 0 aliphatic heterocycles. The fraction of sp³-hybridized carbons (Fsp3) is 0.176. The van der Waals surface area contributed by atoms with E-state index in [1.54, 1.807) is 18.2 Å². The van der Waals surface area contributed by atoms with Crippen molar-refractivity contribution in [2.75, 3.05) is 13.2 Å². The number of nitrogens with zero attached hydrogens (tertiary/aromatic N) is 1. The molecule has 3 N–H and O–H groups in total. The third-order valence-corrected chi connectivity index (χ3v) is 4.63. The van der Waals surface area contributed by atoms with Crippen molar-refractivity contribution in [3.05, 3.63) is 58.6 Å². The number of nitrogens with two attached hydrogens (primary N) is 1. The first-order chi connectivity index (χ1) is 12.3. The van der Waals surface area contributed by atoms with Crippen molar-refractivity contribution in [3.8, 4) is 11.8 Å². The van der Waals surface area contributed by atoms with Gasteiger partial charge in [-0.25, -0.2) is 13.6 Å².